The van der Waals surface area contributed by atoms with Crippen molar-refractivity contribution < 1.29 is 0 Å². The van der Waals surface area contributed by atoms with Gasteiger partial charge in [-0.25, -0.2) is 9.50 Å². The van der Waals surface area contributed by atoms with Gasteiger partial charge in [-0.3, -0.25) is 0 Å². The van der Waals surface area contributed by atoms with Crippen molar-refractivity contribution in [1.29, 1.82) is 0 Å². The summed E-state index contributed by atoms with van der Waals surface area (Å²) in [6.07, 6.45) is 6.79. The molecule has 3 rings (SSSR count). The molecule has 0 amide bonds. The number of hydrogen-bond donors (Lipinski definition) is 0. The van der Waals surface area contributed by atoms with Crippen LogP contribution >= 0.6 is 23.2 Å². The predicted octanol–water partition coefficient (Wildman–Crippen LogP) is 4.65. The van der Waals surface area contributed by atoms with Gasteiger partial charge < -0.3 is 0 Å². The molecule has 0 aliphatic heterocycles. The molecule has 0 saturated heterocycles. The summed E-state index contributed by atoms with van der Waals surface area (Å²) in [5, 5.41) is 5.73. The molecule has 0 atom stereocenters. The van der Waals surface area contributed by atoms with E-state index in [0.29, 0.717) is 16.2 Å². The highest BCUT2D eigenvalue weighted by Crippen LogP contribution is 2.40. The lowest BCUT2D eigenvalue weighted by Crippen LogP contribution is -2.03. The van der Waals surface area contributed by atoms with Gasteiger partial charge in [0.15, 0.2) is 5.65 Å². The highest BCUT2D eigenvalue weighted by molar-refractivity contribution is 6.35. The second-order valence-electron chi connectivity index (χ2n) is 5.24. The average molecular weight is 298 g/mol. The summed E-state index contributed by atoms with van der Waals surface area (Å²) < 4.78 is 1.74. The van der Waals surface area contributed by atoms with Gasteiger partial charge in [-0.05, 0) is 25.2 Å². The Morgan fingerprint density at radius 1 is 1.32 bits per heavy atom. The highest BCUT2D eigenvalue weighted by Gasteiger charge is 2.25. The van der Waals surface area contributed by atoms with Gasteiger partial charge in [-0.15, -0.1) is 0 Å². The predicted molar refractivity (Wildman–Crippen MR) is 78.2 cm³/mol. The van der Waals surface area contributed by atoms with E-state index in [1.807, 2.05) is 6.07 Å². The molecule has 2 aromatic heterocycles. The number of rotatable bonds is 3. The molecule has 102 valence electrons. The lowest BCUT2D eigenvalue weighted by molar-refractivity contribution is 0.706. The van der Waals surface area contributed by atoms with Crippen LogP contribution in [0.15, 0.2) is 6.07 Å². The van der Waals surface area contributed by atoms with E-state index in [0.717, 1.165) is 42.6 Å². The molecule has 1 aliphatic rings. The first-order chi connectivity index (χ1) is 9.20. The topological polar surface area (TPSA) is 30.2 Å². The number of halogens is 2. The normalized spacial score (nSPS) is 16.6. The van der Waals surface area contributed by atoms with Crippen LogP contribution in [-0.2, 0) is 6.42 Å². The van der Waals surface area contributed by atoms with E-state index in [2.05, 4.69) is 17.0 Å². The van der Waals surface area contributed by atoms with Crippen LogP contribution in [0.2, 0.25) is 10.3 Å². The summed E-state index contributed by atoms with van der Waals surface area (Å²) in [5.74, 6) is 0.440. The van der Waals surface area contributed by atoms with Gasteiger partial charge in [0.05, 0.1) is 5.69 Å². The van der Waals surface area contributed by atoms with E-state index in [1.165, 1.54) is 12.8 Å². The number of hydrogen-bond acceptors (Lipinski definition) is 2. The standard InChI is InChI=1S/C14H17Cl2N3/c1-2-5-10-8-11-17-13(15)12(9-6-3-4-7-9)14(16)19(11)18-10/h8-9H,2-7H2,1H3. The molecule has 0 unspecified atom stereocenters. The fourth-order valence-electron chi connectivity index (χ4n) is 2.93. The Hall–Kier alpha value is -0.800. The van der Waals surface area contributed by atoms with Gasteiger partial charge in [-0.2, -0.15) is 5.10 Å². The van der Waals surface area contributed by atoms with E-state index in [1.54, 1.807) is 4.52 Å². The molecule has 2 aromatic rings. The fourth-order valence-corrected chi connectivity index (χ4v) is 3.68. The molecule has 0 aromatic carbocycles. The highest BCUT2D eigenvalue weighted by atomic mass is 35.5. The van der Waals surface area contributed by atoms with Crippen LogP contribution in [0.4, 0.5) is 0 Å². The summed E-state index contributed by atoms with van der Waals surface area (Å²) in [6.45, 7) is 2.13. The molecule has 2 heterocycles. The maximum Gasteiger partial charge on any atom is 0.158 e. The molecule has 0 bridgehead atoms. The Balaban J connectivity index is 2.12. The van der Waals surface area contributed by atoms with Crippen LogP contribution in [0.5, 0.6) is 0 Å². The zero-order valence-electron chi connectivity index (χ0n) is 11.0. The lowest BCUT2D eigenvalue weighted by atomic mass is 10.0. The molecular weight excluding hydrogens is 281 g/mol. The Kier molecular flexibility index (Phi) is 3.68. The number of fused-ring (bicyclic) bond motifs is 1. The lowest BCUT2D eigenvalue weighted by Gasteiger charge is -2.13. The maximum absolute atomic E-state index is 6.52. The fraction of sp³-hybridized carbons (Fsp3) is 0.571. The third kappa shape index (κ3) is 2.34. The SMILES string of the molecule is CCCc1cc2nc(Cl)c(C3CCCC3)c(Cl)n2n1. The monoisotopic (exact) mass is 297 g/mol. The third-order valence-electron chi connectivity index (χ3n) is 3.85. The van der Waals surface area contributed by atoms with Crippen molar-refractivity contribution in [3.63, 3.8) is 0 Å². The Bertz CT molecular complexity index is 600. The van der Waals surface area contributed by atoms with Crippen LogP contribution in [0, 0.1) is 0 Å². The molecule has 0 spiro atoms. The van der Waals surface area contributed by atoms with Gasteiger partial charge in [-0.1, -0.05) is 49.4 Å². The van der Waals surface area contributed by atoms with Crippen molar-refractivity contribution in [2.75, 3.05) is 0 Å². The summed E-state index contributed by atoms with van der Waals surface area (Å²) in [7, 11) is 0. The zero-order chi connectivity index (χ0) is 13.4. The van der Waals surface area contributed by atoms with Crippen molar-refractivity contribution >= 4 is 28.8 Å². The van der Waals surface area contributed by atoms with Crippen molar-refractivity contribution in [3.05, 3.63) is 27.6 Å². The summed E-state index contributed by atoms with van der Waals surface area (Å²) in [5.41, 5.74) is 2.76. The van der Waals surface area contributed by atoms with Crippen molar-refractivity contribution in [1.82, 2.24) is 14.6 Å². The van der Waals surface area contributed by atoms with Gasteiger partial charge in [0.2, 0.25) is 0 Å². The Morgan fingerprint density at radius 3 is 2.74 bits per heavy atom. The molecule has 19 heavy (non-hydrogen) atoms. The van der Waals surface area contributed by atoms with Crippen LogP contribution in [-0.4, -0.2) is 14.6 Å². The molecule has 3 nitrogen and oxygen atoms in total. The number of aryl methyl sites for hydroxylation is 1. The largest absolute Gasteiger partial charge is 0.216 e. The minimum Gasteiger partial charge on any atom is -0.216 e. The van der Waals surface area contributed by atoms with E-state index >= 15 is 0 Å². The molecule has 5 heteroatoms. The van der Waals surface area contributed by atoms with Gasteiger partial charge >= 0.3 is 0 Å². The summed E-state index contributed by atoms with van der Waals surface area (Å²) in [6, 6.07) is 1.97. The zero-order valence-corrected chi connectivity index (χ0v) is 12.5. The molecule has 0 N–H and O–H groups in total. The van der Waals surface area contributed by atoms with Crippen molar-refractivity contribution in [3.8, 4) is 0 Å². The van der Waals surface area contributed by atoms with Crippen molar-refractivity contribution in [2.24, 2.45) is 0 Å². The molecule has 1 saturated carbocycles. The average Bonchev–Trinajstić information content (AvgIpc) is 2.99. The Morgan fingerprint density at radius 2 is 2.05 bits per heavy atom. The van der Waals surface area contributed by atoms with E-state index < -0.39 is 0 Å². The van der Waals surface area contributed by atoms with E-state index in [-0.39, 0.29) is 0 Å². The third-order valence-corrected chi connectivity index (χ3v) is 4.51. The molecule has 1 aliphatic carbocycles. The first kappa shape index (κ1) is 13.2. The van der Waals surface area contributed by atoms with E-state index in [4.69, 9.17) is 23.2 Å². The summed E-state index contributed by atoms with van der Waals surface area (Å²) >= 11 is 12.9. The smallest absolute Gasteiger partial charge is 0.158 e. The quantitative estimate of drug-likeness (QED) is 0.772. The maximum atomic E-state index is 6.52. The first-order valence-electron chi connectivity index (χ1n) is 6.94. The van der Waals surface area contributed by atoms with Crippen LogP contribution in [0.3, 0.4) is 0 Å². The second kappa shape index (κ2) is 5.29. The summed E-state index contributed by atoms with van der Waals surface area (Å²) in [4.78, 5) is 4.47. The minimum atomic E-state index is 0.440. The Labute approximate surface area is 122 Å². The van der Waals surface area contributed by atoms with E-state index in [9.17, 15) is 0 Å². The molecular formula is C14H17Cl2N3. The molecule has 0 radical (unpaired) electrons. The van der Waals surface area contributed by atoms with Gasteiger partial charge in [0, 0.05) is 11.6 Å². The van der Waals surface area contributed by atoms with Crippen LogP contribution in [0.25, 0.3) is 5.65 Å². The minimum absolute atomic E-state index is 0.440. The number of nitrogens with zero attached hydrogens (tertiary/aromatic N) is 3. The van der Waals surface area contributed by atoms with Gasteiger partial charge in [0.25, 0.3) is 0 Å². The van der Waals surface area contributed by atoms with Crippen molar-refractivity contribution in [2.45, 2.75) is 51.4 Å². The second-order valence-corrected chi connectivity index (χ2v) is 5.96. The number of aromatic nitrogens is 3. The van der Waals surface area contributed by atoms with Gasteiger partial charge in [0.1, 0.15) is 10.3 Å². The first-order valence-corrected chi connectivity index (χ1v) is 7.70. The van der Waals surface area contributed by atoms with Crippen LogP contribution in [0.1, 0.15) is 56.2 Å². The molecule has 1 fully saturated rings. The van der Waals surface area contributed by atoms with Crippen LogP contribution < -0.4 is 0 Å².